The van der Waals surface area contributed by atoms with Crippen molar-refractivity contribution >= 4 is 27.3 Å². The summed E-state index contributed by atoms with van der Waals surface area (Å²) < 4.78 is 26.0. The smallest absolute Gasteiger partial charge is 0.232 e. The zero-order valence-corrected chi connectivity index (χ0v) is 19.2. The van der Waals surface area contributed by atoms with Crippen molar-refractivity contribution < 1.29 is 13.2 Å². The van der Waals surface area contributed by atoms with Gasteiger partial charge in [-0.15, -0.1) is 0 Å². The van der Waals surface area contributed by atoms with Gasteiger partial charge in [0.15, 0.2) is 0 Å². The van der Waals surface area contributed by atoms with Crippen molar-refractivity contribution in [1.29, 1.82) is 0 Å². The molecule has 0 spiro atoms. The first-order valence-corrected chi connectivity index (χ1v) is 12.1. The molecule has 0 aromatic heterocycles. The summed E-state index contributed by atoms with van der Waals surface area (Å²) in [6.07, 6.45) is 2.81. The number of carbonyl (C=O) groups excluding carboxylic acids is 1. The second kappa shape index (κ2) is 11.0. The monoisotopic (exact) mass is 431 g/mol. The molecule has 0 saturated heterocycles. The van der Waals surface area contributed by atoms with Crippen molar-refractivity contribution in [2.24, 2.45) is 0 Å². The van der Waals surface area contributed by atoms with Gasteiger partial charge in [0.1, 0.15) is 0 Å². The van der Waals surface area contributed by atoms with Crippen molar-refractivity contribution in [2.45, 2.75) is 33.1 Å². The lowest BCUT2D eigenvalue weighted by atomic mass is 10.1. The molecule has 0 aliphatic heterocycles. The average Bonchev–Trinajstić information content (AvgIpc) is 2.70. The van der Waals surface area contributed by atoms with Crippen LogP contribution in [0.25, 0.3) is 0 Å². The van der Waals surface area contributed by atoms with Gasteiger partial charge >= 0.3 is 0 Å². The van der Waals surface area contributed by atoms with Crippen molar-refractivity contribution in [3.05, 3.63) is 59.7 Å². The van der Waals surface area contributed by atoms with Gasteiger partial charge in [0.2, 0.25) is 15.9 Å². The third kappa shape index (κ3) is 7.37. The molecular weight excluding hydrogens is 398 g/mol. The fraction of sp³-hybridized carbons (Fsp3) is 0.435. The van der Waals surface area contributed by atoms with Gasteiger partial charge in [-0.25, -0.2) is 8.42 Å². The van der Waals surface area contributed by atoms with E-state index in [1.165, 1.54) is 10.6 Å². The molecule has 7 heteroatoms. The lowest BCUT2D eigenvalue weighted by Crippen LogP contribution is -2.33. The highest BCUT2D eigenvalue weighted by Crippen LogP contribution is 2.24. The number of anilines is 2. The molecule has 0 aliphatic rings. The Kier molecular flexibility index (Phi) is 8.72. The highest BCUT2D eigenvalue weighted by atomic mass is 32.2. The number of para-hydroxylation sites is 1. The van der Waals surface area contributed by atoms with Crippen LogP contribution in [-0.2, 0) is 14.8 Å². The van der Waals surface area contributed by atoms with Gasteiger partial charge in [-0.2, -0.15) is 0 Å². The summed E-state index contributed by atoms with van der Waals surface area (Å²) in [7, 11) is -1.38. The fourth-order valence-corrected chi connectivity index (χ4v) is 4.30. The van der Waals surface area contributed by atoms with E-state index in [9.17, 15) is 13.2 Å². The molecule has 6 nitrogen and oxygen atoms in total. The van der Waals surface area contributed by atoms with Gasteiger partial charge in [-0.1, -0.05) is 30.3 Å². The van der Waals surface area contributed by atoms with E-state index >= 15 is 0 Å². The fourth-order valence-electron chi connectivity index (χ4n) is 3.28. The SMILES string of the molecule is Cc1ccc(C)c(N(CCCC(=O)NCCCN(C)c2ccccc2)S(C)(=O)=O)c1. The summed E-state index contributed by atoms with van der Waals surface area (Å²) in [5, 5.41) is 2.93. The average molecular weight is 432 g/mol. The Bertz CT molecular complexity index is 930. The number of hydrogen-bond acceptors (Lipinski definition) is 4. The quantitative estimate of drug-likeness (QED) is 0.553. The third-order valence-electron chi connectivity index (χ3n) is 4.99. The number of nitrogens with one attached hydrogen (secondary N) is 1. The van der Waals surface area contributed by atoms with Gasteiger partial charge in [-0.3, -0.25) is 9.10 Å². The van der Waals surface area contributed by atoms with Crippen molar-refractivity contribution in [1.82, 2.24) is 5.32 Å². The van der Waals surface area contributed by atoms with E-state index in [1.54, 1.807) is 0 Å². The maximum atomic E-state index is 12.3. The van der Waals surface area contributed by atoms with Gasteiger partial charge < -0.3 is 10.2 Å². The van der Waals surface area contributed by atoms with Crippen LogP contribution < -0.4 is 14.5 Å². The molecule has 2 aromatic carbocycles. The summed E-state index contributed by atoms with van der Waals surface area (Å²) >= 11 is 0. The van der Waals surface area contributed by atoms with Gasteiger partial charge in [-0.05, 0) is 56.0 Å². The largest absolute Gasteiger partial charge is 0.375 e. The summed E-state index contributed by atoms with van der Waals surface area (Å²) in [6.45, 7) is 5.56. The number of carbonyl (C=O) groups is 1. The second-order valence-corrected chi connectivity index (χ2v) is 9.60. The van der Waals surface area contributed by atoms with Crippen molar-refractivity contribution in [3.63, 3.8) is 0 Å². The molecule has 1 amide bonds. The zero-order chi connectivity index (χ0) is 22.1. The van der Waals surface area contributed by atoms with Crippen LogP contribution in [0.15, 0.2) is 48.5 Å². The predicted octanol–water partition coefficient (Wildman–Crippen LogP) is 3.49. The first-order chi connectivity index (χ1) is 14.2. The Morgan fingerprint density at radius 1 is 1.00 bits per heavy atom. The van der Waals surface area contributed by atoms with E-state index < -0.39 is 10.0 Å². The highest BCUT2D eigenvalue weighted by molar-refractivity contribution is 7.92. The number of amides is 1. The molecular formula is C23H33N3O3S. The van der Waals surface area contributed by atoms with E-state index in [0.29, 0.717) is 25.1 Å². The lowest BCUT2D eigenvalue weighted by Gasteiger charge is -2.24. The minimum absolute atomic E-state index is 0.0493. The normalized spacial score (nSPS) is 11.2. The molecule has 30 heavy (non-hydrogen) atoms. The van der Waals surface area contributed by atoms with Gasteiger partial charge in [0.05, 0.1) is 11.9 Å². The van der Waals surface area contributed by atoms with Crippen LogP contribution in [0.5, 0.6) is 0 Å². The van der Waals surface area contributed by atoms with Crippen LogP contribution in [0.4, 0.5) is 11.4 Å². The molecule has 0 bridgehead atoms. The van der Waals surface area contributed by atoms with Crippen molar-refractivity contribution in [3.8, 4) is 0 Å². The Morgan fingerprint density at radius 3 is 2.37 bits per heavy atom. The number of nitrogens with zero attached hydrogens (tertiary/aromatic N) is 2. The van der Waals surface area contributed by atoms with Crippen LogP contribution in [0.3, 0.4) is 0 Å². The molecule has 2 rings (SSSR count). The molecule has 0 saturated carbocycles. The Morgan fingerprint density at radius 2 is 1.70 bits per heavy atom. The molecule has 0 fully saturated rings. The van der Waals surface area contributed by atoms with E-state index in [4.69, 9.17) is 0 Å². The topological polar surface area (TPSA) is 69.7 Å². The summed E-state index contributed by atoms with van der Waals surface area (Å²) in [5.41, 5.74) is 3.73. The van der Waals surface area contributed by atoms with E-state index in [0.717, 1.165) is 29.8 Å². The van der Waals surface area contributed by atoms with Crippen LogP contribution in [0.2, 0.25) is 0 Å². The Hall–Kier alpha value is -2.54. The molecule has 0 radical (unpaired) electrons. The number of aryl methyl sites for hydroxylation is 2. The van der Waals surface area contributed by atoms with Gasteiger partial charge in [0.25, 0.3) is 0 Å². The maximum absolute atomic E-state index is 12.3. The first kappa shape index (κ1) is 23.7. The molecule has 0 unspecified atom stereocenters. The Labute approximate surface area is 180 Å². The molecule has 0 atom stereocenters. The number of rotatable bonds is 11. The maximum Gasteiger partial charge on any atom is 0.232 e. The number of benzene rings is 2. The lowest BCUT2D eigenvalue weighted by molar-refractivity contribution is -0.121. The van der Waals surface area contributed by atoms with Crippen LogP contribution >= 0.6 is 0 Å². The Balaban J connectivity index is 1.77. The summed E-state index contributed by atoms with van der Waals surface area (Å²) in [5.74, 6) is -0.0493. The number of hydrogen-bond donors (Lipinski definition) is 1. The highest BCUT2D eigenvalue weighted by Gasteiger charge is 2.19. The van der Waals surface area contributed by atoms with Gasteiger partial charge in [0, 0.05) is 38.8 Å². The molecule has 0 heterocycles. The minimum atomic E-state index is -3.42. The molecule has 2 aromatic rings. The van der Waals surface area contributed by atoms with Crippen LogP contribution in [0.1, 0.15) is 30.4 Å². The first-order valence-electron chi connectivity index (χ1n) is 10.3. The minimum Gasteiger partial charge on any atom is -0.375 e. The van der Waals surface area contributed by atoms with E-state index in [-0.39, 0.29) is 12.5 Å². The van der Waals surface area contributed by atoms with E-state index in [1.807, 2.05) is 57.3 Å². The molecule has 164 valence electrons. The van der Waals surface area contributed by atoms with Crippen LogP contribution in [-0.4, -0.2) is 47.3 Å². The predicted molar refractivity (Wildman–Crippen MR) is 125 cm³/mol. The second-order valence-electron chi connectivity index (χ2n) is 7.69. The van der Waals surface area contributed by atoms with E-state index in [2.05, 4.69) is 22.3 Å². The molecule has 0 aliphatic carbocycles. The summed E-state index contributed by atoms with van der Waals surface area (Å²) in [6, 6.07) is 15.9. The standard InChI is InChI=1S/C23H33N3O3S/c1-19-13-14-20(2)22(18-19)26(30(4,28)29)17-8-12-23(27)24-15-9-16-25(3)21-10-6-5-7-11-21/h5-7,10-11,13-14,18H,8-9,12,15-17H2,1-4H3,(H,24,27). The third-order valence-corrected chi connectivity index (χ3v) is 6.17. The molecule has 1 N–H and O–H groups in total. The zero-order valence-electron chi connectivity index (χ0n) is 18.4. The summed E-state index contributed by atoms with van der Waals surface area (Å²) in [4.78, 5) is 14.3. The van der Waals surface area contributed by atoms with Crippen molar-refractivity contribution in [2.75, 3.05) is 42.1 Å². The van der Waals surface area contributed by atoms with Crippen LogP contribution in [0, 0.1) is 13.8 Å². The number of sulfonamides is 1.